The van der Waals surface area contributed by atoms with E-state index in [1.165, 1.54) is 19.5 Å². The van der Waals surface area contributed by atoms with Crippen LogP contribution in [0.2, 0.25) is 0 Å². The van der Waals surface area contributed by atoms with Gasteiger partial charge in [-0.1, -0.05) is 35.1 Å². The van der Waals surface area contributed by atoms with Gasteiger partial charge in [-0.2, -0.15) is 0 Å². The fourth-order valence-corrected chi connectivity index (χ4v) is 0.857. The maximum absolute atomic E-state index is 2.47. The highest BCUT2D eigenvalue weighted by Crippen LogP contribution is 2.08. The normalized spacial score (nSPS) is 13.2. The van der Waals surface area contributed by atoms with Crippen molar-refractivity contribution in [3.05, 3.63) is 0 Å². The van der Waals surface area contributed by atoms with Crippen LogP contribution in [0.25, 0.3) is 0 Å². The summed E-state index contributed by atoms with van der Waals surface area (Å²) in [4.78, 5) is 4.64. The van der Waals surface area contributed by atoms with Crippen LogP contribution < -0.4 is 0 Å². The lowest BCUT2D eigenvalue weighted by Crippen LogP contribution is -2.41. The van der Waals surface area contributed by atoms with E-state index in [2.05, 4.69) is 51.6 Å². The van der Waals surface area contributed by atoms with E-state index in [9.17, 15) is 0 Å². The first-order valence-electron chi connectivity index (χ1n) is 7.35. The molecule has 18 heavy (non-hydrogen) atoms. The molecule has 0 radical (unpaired) electrons. The molecule has 1 heterocycles. The van der Waals surface area contributed by atoms with Gasteiger partial charge in [-0.15, -0.1) is 0 Å². The second-order valence-electron chi connectivity index (χ2n) is 4.54. The summed E-state index contributed by atoms with van der Waals surface area (Å²) in [6.45, 7) is 19.5. The van der Waals surface area contributed by atoms with Crippen molar-refractivity contribution in [1.29, 1.82) is 0 Å². The molecular weight excluding hydrogens is 220 g/mol. The van der Waals surface area contributed by atoms with Crippen LogP contribution in [0.4, 0.5) is 0 Å². The SMILES string of the molecule is C.CC.CC.CC(C)N(C)C.CC(C)N1CCC1. The van der Waals surface area contributed by atoms with Crippen LogP contribution >= 0.6 is 0 Å². The minimum Gasteiger partial charge on any atom is -0.307 e. The van der Waals surface area contributed by atoms with Gasteiger partial charge in [0.2, 0.25) is 0 Å². The van der Waals surface area contributed by atoms with E-state index in [1.807, 2.05) is 27.7 Å². The third-order valence-electron chi connectivity index (χ3n) is 2.65. The highest BCUT2D eigenvalue weighted by atomic mass is 15.2. The molecule has 1 aliphatic heterocycles. The minimum atomic E-state index is 0. The van der Waals surface area contributed by atoms with Crippen molar-refractivity contribution in [2.45, 2.75) is 81.3 Å². The van der Waals surface area contributed by atoms with E-state index in [1.54, 1.807) is 0 Å². The van der Waals surface area contributed by atoms with E-state index >= 15 is 0 Å². The highest BCUT2D eigenvalue weighted by molar-refractivity contribution is 4.71. The zero-order valence-electron chi connectivity index (χ0n) is 14.2. The Morgan fingerprint density at radius 3 is 1.11 bits per heavy atom. The van der Waals surface area contributed by atoms with Crippen LogP contribution in [0.1, 0.15) is 69.2 Å². The van der Waals surface area contributed by atoms with Crippen LogP contribution in [0.15, 0.2) is 0 Å². The first kappa shape index (κ1) is 26.5. The molecule has 0 aromatic rings. The topological polar surface area (TPSA) is 6.48 Å². The molecule has 0 amide bonds. The molecule has 0 bridgehead atoms. The van der Waals surface area contributed by atoms with Gasteiger partial charge in [0.1, 0.15) is 0 Å². The molecule has 1 rings (SSSR count). The Morgan fingerprint density at radius 2 is 1.11 bits per heavy atom. The molecule has 0 aliphatic carbocycles. The Morgan fingerprint density at radius 1 is 0.833 bits per heavy atom. The third kappa shape index (κ3) is 18.3. The van der Waals surface area contributed by atoms with Crippen molar-refractivity contribution in [2.75, 3.05) is 27.2 Å². The maximum atomic E-state index is 2.47. The number of hydrogen-bond donors (Lipinski definition) is 0. The Balaban J connectivity index is -0.0000000825. The first-order valence-corrected chi connectivity index (χ1v) is 7.35. The summed E-state index contributed by atoms with van der Waals surface area (Å²) in [5.74, 6) is 0. The van der Waals surface area contributed by atoms with Gasteiger partial charge in [-0.05, 0) is 61.3 Å². The molecule has 0 saturated carbocycles. The average molecular weight is 263 g/mol. The molecule has 116 valence electrons. The van der Waals surface area contributed by atoms with Crippen molar-refractivity contribution in [3.8, 4) is 0 Å². The van der Waals surface area contributed by atoms with Gasteiger partial charge in [0.15, 0.2) is 0 Å². The van der Waals surface area contributed by atoms with Gasteiger partial charge in [0.25, 0.3) is 0 Å². The van der Waals surface area contributed by atoms with E-state index in [0.29, 0.717) is 6.04 Å². The van der Waals surface area contributed by atoms with Crippen molar-refractivity contribution in [2.24, 2.45) is 0 Å². The summed E-state index contributed by atoms with van der Waals surface area (Å²) in [7, 11) is 4.15. The van der Waals surface area contributed by atoms with Crippen molar-refractivity contribution < 1.29 is 0 Å². The van der Waals surface area contributed by atoms with Crippen LogP contribution in [0, 0.1) is 0 Å². The van der Waals surface area contributed by atoms with E-state index in [-0.39, 0.29) is 7.43 Å². The molecule has 2 nitrogen and oxygen atoms in total. The molecule has 1 fully saturated rings. The standard InChI is InChI=1S/C6H13N.C5H13N.2C2H6.CH4/c1-6(2)7-4-3-5-7;1-5(2)6(3)4;2*1-2;/h6H,3-5H2,1-2H3;5H,1-4H3;2*1-2H3;1H4. The highest BCUT2D eigenvalue weighted by Gasteiger charge is 2.15. The maximum Gasteiger partial charge on any atom is 0.00386 e. The lowest BCUT2D eigenvalue weighted by Gasteiger charge is -2.34. The predicted octanol–water partition coefficient (Wildman–Crippen LogP) is 4.75. The Labute approximate surface area is 119 Å². The Kier molecular flexibility index (Phi) is 28.3. The number of hydrogen-bond acceptors (Lipinski definition) is 2. The van der Waals surface area contributed by atoms with Gasteiger partial charge in [-0.3, -0.25) is 0 Å². The van der Waals surface area contributed by atoms with E-state index in [0.717, 1.165) is 6.04 Å². The number of likely N-dealkylation sites (tertiary alicyclic amines) is 1. The molecule has 0 aromatic carbocycles. The zero-order valence-corrected chi connectivity index (χ0v) is 14.2. The lowest BCUT2D eigenvalue weighted by atomic mass is 10.2. The summed E-state index contributed by atoms with van der Waals surface area (Å²) in [5, 5.41) is 0. The second-order valence-corrected chi connectivity index (χ2v) is 4.54. The molecule has 2 heteroatoms. The van der Waals surface area contributed by atoms with Gasteiger partial charge < -0.3 is 9.80 Å². The molecular formula is C16H42N2. The number of nitrogens with zero attached hydrogens (tertiary/aromatic N) is 2. The van der Waals surface area contributed by atoms with Gasteiger partial charge in [-0.25, -0.2) is 0 Å². The van der Waals surface area contributed by atoms with Crippen LogP contribution in [0.5, 0.6) is 0 Å². The van der Waals surface area contributed by atoms with Crippen molar-refractivity contribution >= 4 is 0 Å². The smallest absolute Gasteiger partial charge is 0.00386 e. The number of rotatable bonds is 2. The lowest BCUT2D eigenvalue weighted by molar-refractivity contribution is 0.138. The molecule has 1 saturated heterocycles. The molecule has 0 unspecified atom stereocenters. The fraction of sp³-hybridized carbons (Fsp3) is 1.00. The van der Waals surface area contributed by atoms with Crippen LogP contribution in [-0.4, -0.2) is 49.1 Å². The van der Waals surface area contributed by atoms with Gasteiger partial charge in [0, 0.05) is 12.1 Å². The summed E-state index contributed by atoms with van der Waals surface area (Å²) >= 11 is 0. The summed E-state index contributed by atoms with van der Waals surface area (Å²) in [6.07, 6.45) is 1.41. The van der Waals surface area contributed by atoms with Crippen molar-refractivity contribution in [1.82, 2.24) is 9.80 Å². The van der Waals surface area contributed by atoms with E-state index in [4.69, 9.17) is 0 Å². The quantitative estimate of drug-likeness (QED) is 0.709. The van der Waals surface area contributed by atoms with Crippen LogP contribution in [0.3, 0.4) is 0 Å². The molecule has 0 atom stereocenters. The summed E-state index contributed by atoms with van der Waals surface area (Å²) < 4.78 is 0. The molecule has 0 aromatic heterocycles. The van der Waals surface area contributed by atoms with Crippen LogP contribution in [-0.2, 0) is 0 Å². The van der Waals surface area contributed by atoms with Gasteiger partial charge in [0.05, 0.1) is 0 Å². The average Bonchev–Trinajstić information content (AvgIpc) is 2.21. The second kappa shape index (κ2) is 19.3. The summed E-state index contributed by atoms with van der Waals surface area (Å²) in [6, 6.07) is 1.47. The largest absolute Gasteiger partial charge is 0.307 e. The molecule has 0 spiro atoms. The summed E-state index contributed by atoms with van der Waals surface area (Å²) in [5.41, 5.74) is 0. The van der Waals surface area contributed by atoms with E-state index < -0.39 is 0 Å². The Hall–Kier alpha value is -0.0800. The molecule has 1 aliphatic rings. The minimum absolute atomic E-state index is 0. The van der Waals surface area contributed by atoms with Gasteiger partial charge >= 0.3 is 0 Å². The zero-order chi connectivity index (χ0) is 14.4. The Bertz CT molecular complexity index is 110. The molecule has 0 N–H and O–H groups in total. The third-order valence-corrected chi connectivity index (χ3v) is 2.65. The monoisotopic (exact) mass is 262 g/mol. The first-order chi connectivity index (χ1) is 7.95. The fourth-order valence-electron chi connectivity index (χ4n) is 0.857. The predicted molar refractivity (Wildman–Crippen MR) is 89.6 cm³/mol. The van der Waals surface area contributed by atoms with Crippen molar-refractivity contribution in [3.63, 3.8) is 0 Å².